The van der Waals surface area contributed by atoms with Crippen LogP contribution >= 0.6 is 11.8 Å². The number of allylic oxidation sites excluding steroid dienone is 3. The fourth-order valence-corrected chi connectivity index (χ4v) is 2.89. The summed E-state index contributed by atoms with van der Waals surface area (Å²) in [4.78, 5) is 10.3. The number of halogens is 3. The van der Waals surface area contributed by atoms with Gasteiger partial charge in [-0.2, -0.15) is 13.2 Å². The van der Waals surface area contributed by atoms with Gasteiger partial charge in [0.25, 0.3) is 0 Å². The summed E-state index contributed by atoms with van der Waals surface area (Å²) in [7, 11) is 0. The lowest BCUT2D eigenvalue weighted by Gasteiger charge is -2.24. The van der Waals surface area contributed by atoms with Crippen molar-refractivity contribution in [1.82, 2.24) is 0 Å². The van der Waals surface area contributed by atoms with Crippen molar-refractivity contribution in [3.63, 3.8) is 0 Å². The van der Waals surface area contributed by atoms with E-state index in [-0.39, 0.29) is 5.57 Å². The number of alkyl halides is 3. The van der Waals surface area contributed by atoms with Crippen LogP contribution in [0.1, 0.15) is 12.5 Å². The van der Waals surface area contributed by atoms with Gasteiger partial charge in [0.1, 0.15) is 6.29 Å². The predicted octanol–water partition coefficient (Wildman–Crippen LogP) is 4.22. The molecule has 0 saturated heterocycles. The van der Waals surface area contributed by atoms with Crippen molar-refractivity contribution in [2.45, 2.75) is 18.3 Å². The second kappa shape index (κ2) is 5.25. The average molecular weight is 284 g/mol. The molecule has 2 rings (SSSR count). The third-order valence-corrected chi connectivity index (χ3v) is 4.11. The number of aldehydes is 1. The summed E-state index contributed by atoms with van der Waals surface area (Å²) < 4.78 is 39.3. The molecule has 0 aromatic heterocycles. The lowest BCUT2D eigenvalue weighted by Crippen LogP contribution is -2.18. The van der Waals surface area contributed by atoms with Crippen LogP contribution in [-0.4, -0.2) is 17.7 Å². The third kappa shape index (κ3) is 2.92. The van der Waals surface area contributed by atoms with Crippen molar-refractivity contribution in [2.24, 2.45) is 0 Å². The molecule has 1 aromatic rings. The minimum atomic E-state index is -4.41. The zero-order valence-corrected chi connectivity index (χ0v) is 10.9. The molecule has 19 heavy (non-hydrogen) atoms. The Hall–Kier alpha value is -1.49. The first-order chi connectivity index (χ1) is 8.93. The third-order valence-electron chi connectivity index (χ3n) is 2.80. The van der Waals surface area contributed by atoms with Crippen LogP contribution in [0.25, 0.3) is 5.57 Å². The summed E-state index contributed by atoms with van der Waals surface area (Å²) in [5.74, 6) is 0. The number of carbonyl (C=O) groups excluding carboxylic acids is 1. The number of hydrogen-bond acceptors (Lipinski definition) is 2. The lowest BCUT2D eigenvalue weighted by molar-refractivity contribution is -0.105. The van der Waals surface area contributed by atoms with Gasteiger partial charge < -0.3 is 0 Å². The van der Waals surface area contributed by atoms with Gasteiger partial charge in [0, 0.05) is 16.4 Å². The molecule has 100 valence electrons. The summed E-state index contributed by atoms with van der Waals surface area (Å²) in [5, 5.41) is -0.485. The fraction of sp³-hybridized carbons (Fsp3) is 0.214. The maximum absolute atomic E-state index is 13.1. The molecule has 0 bridgehead atoms. The average Bonchev–Trinajstić information content (AvgIpc) is 2.38. The van der Waals surface area contributed by atoms with Crippen LogP contribution in [-0.2, 0) is 4.79 Å². The normalized spacial score (nSPS) is 20.2. The zero-order chi connectivity index (χ0) is 14.0. The van der Waals surface area contributed by atoms with E-state index >= 15 is 0 Å². The van der Waals surface area contributed by atoms with Crippen LogP contribution < -0.4 is 0 Å². The van der Waals surface area contributed by atoms with Crippen molar-refractivity contribution in [2.75, 3.05) is 0 Å². The van der Waals surface area contributed by atoms with Crippen LogP contribution in [0.2, 0.25) is 0 Å². The molecule has 0 fully saturated rings. The van der Waals surface area contributed by atoms with E-state index in [1.165, 1.54) is 6.08 Å². The summed E-state index contributed by atoms with van der Waals surface area (Å²) in [6.07, 6.45) is -2.45. The molecule has 0 saturated carbocycles. The number of hydrogen-bond donors (Lipinski definition) is 0. The van der Waals surface area contributed by atoms with E-state index in [1.54, 1.807) is 37.3 Å². The Bertz CT molecular complexity index is 544. The van der Waals surface area contributed by atoms with Crippen molar-refractivity contribution < 1.29 is 18.0 Å². The Morgan fingerprint density at radius 3 is 2.37 bits per heavy atom. The van der Waals surface area contributed by atoms with Gasteiger partial charge in [0.2, 0.25) is 0 Å². The molecule has 1 aliphatic heterocycles. The zero-order valence-electron chi connectivity index (χ0n) is 10.1. The summed E-state index contributed by atoms with van der Waals surface area (Å²) in [6.45, 7) is 1.60. The van der Waals surface area contributed by atoms with Crippen molar-refractivity contribution in [3.05, 3.63) is 52.4 Å². The molecule has 1 aromatic carbocycles. The Morgan fingerprint density at radius 1 is 1.21 bits per heavy atom. The molecule has 1 aliphatic rings. The molecule has 0 radical (unpaired) electrons. The minimum Gasteiger partial charge on any atom is -0.298 e. The molecule has 0 N–H and O–H groups in total. The first-order valence-corrected chi connectivity index (χ1v) is 6.51. The van der Waals surface area contributed by atoms with E-state index in [2.05, 4.69) is 0 Å². The van der Waals surface area contributed by atoms with E-state index in [9.17, 15) is 18.0 Å². The fourth-order valence-electron chi connectivity index (χ4n) is 1.84. The van der Waals surface area contributed by atoms with E-state index < -0.39 is 16.3 Å². The van der Waals surface area contributed by atoms with Crippen LogP contribution in [0.15, 0.2) is 46.9 Å². The first-order valence-electron chi connectivity index (χ1n) is 5.64. The molecule has 0 spiro atoms. The summed E-state index contributed by atoms with van der Waals surface area (Å²) in [5.41, 5.74) is 0.906. The summed E-state index contributed by atoms with van der Waals surface area (Å²) in [6, 6.07) is 8.30. The van der Waals surface area contributed by atoms with Crippen LogP contribution in [0, 0.1) is 0 Å². The van der Waals surface area contributed by atoms with Gasteiger partial charge in [-0.25, -0.2) is 0 Å². The van der Waals surface area contributed by atoms with E-state index in [0.717, 1.165) is 0 Å². The largest absolute Gasteiger partial charge is 0.422 e. The minimum absolute atomic E-state index is 0.0679. The summed E-state index contributed by atoms with van der Waals surface area (Å²) >= 11 is 0.684. The number of carbonyl (C=O) groups is 1. The highest BCUT2D eigenvalue weighted by molar-refractivity contribution is 8.04. The van der Waals surface area contributed by atoms with E-state index in [0.29, 0.717) is 29.2 Å². The maximum atomic E-state index is 13.1. The highest BCUT2D eigenvalue weighted by atomic mass is 32.2. The van der Waals surface area contributed by atoms with Gasteiger partial charge in [-0.05, 0) is 18.6 Å². The molecular weight excluding hydrogens is 273 g/mol. The SMILES string of the molecule is CC1SC(C(F)(F)F)=C(c2ccccc2)C=C1C=O. The molecule has 1 heterocycles. The number of rotatable bonds is 2. The van der Waals surface area contributed by atoms with Crippen molar-refractivity contribution in [3.8, 4) is 0 Å². The first kappa shape index (κ1) is 13.9. The van der Waals surface area contributed by atoms with Gasteiger partial charge in [-0.3, -0.25) is 4.79 Å². The van der Waals surface area contributed by atoms with E-state index in [4.69, 9.17) is 0 Å². The highest BCUT2D eigenvalue weighted by Gasteiger charge is 2.40. The van der Waals surface area contributed by atoms with E-state index in [1.807, 2.05) is 0 Å². The number of thioether (sulfide) groups is 1. The van der Waals surface area contributed by atoms with Gasteiger partial charge in [0.15, 0.2) is 0 Å². The maximum Gasteiger partial charge on any atom is 0.422 e. The molecule has 1 nitrogen and oxygen atoms in total. The van der Waals surface area contributed by atoms with Crippen molar-refractivity contribution >= 4 is 23.6 Å². The van der Waals surface area contributed by atoms with Crippen molar-refractivity contribution in [1.29, 1.82) is 0 Å². The predicted molar refractivity (Wildman–Crippen MR) is 70.6 cm³/mol. The van der Waals surface area contributed by atoms with Crippen LogP contribution in [0.3, 0.4) is 0 Å². The topological polar surface area (TPSA) is 17.1 Å². The molecule has 0 aliphatic carbocycles. The van der Waals surface area contributed by atoms with Gasteiger partial charge >= 0.3 is 6.18 Å². The monoisotopic (exact) mass is 284 g/mol. The Morgan fingerprint density at radius 2 is 1.84 bits per heavy atom. The highest BCUT2D eigenvalue weighted by Crippen LogP contribution is 2.46. The molecule has 1 atom stereocenters. The molecule has 0 amide bonds. The molecule has 5 heteroatoms. The second-order valence-corrected chi connectivity index (χ2v) is 5.48. The lowest BCUT2D eigenvalue weighted by atomic mass is 10.0. The van der Waals surface area contributed by atoms with Crippen LogP contribution in [0.5, 0.6) is 0 Å². The second-order valence-electron chi connectivity index (χ2n) is 4.13. The van der Waals surface area contributed by atoms with Crippen LogP contribution in [0.4, 0.5) is 13.2 Å². The quantitative estimate of drug-likeness (QED) is 0.756. The Kier molecular flexibility index (Phi) is 3.85. The van der Waals surface area contributed by atoms with Gasteiger partial charge in [-0.15, -0.1) is 11.8 Å². The smallest absolute Gasteiger partial charge is 0.298 e. The number of benzene rings is 1. The Balaban J connectivity index is 2.61. The van der Waals surface area contributed by atoms with Gasteiger partial charge in [-0.1, -0.05) is 30.3 Å². The Labute approximate surface area is 113 Å². The molecule has 1 unspecified atom stereocenters. The van der Waals surface area contributed by atoms with Gasteiger partial charge in [0.05, 0.1) is 4.91 Å². The standard InChI is InChI=1S/C14H11F3OS/c1-9-11(8-18)7-12(10-5-3-2-4-6-10)13(19-9)14(15,16)17/h2-9H,1H3. The molecular formula is C14H11F3OS.